The molecule has 0 atom stereocenters. The average Bonchev–Trinajstić information content (AvgIpc) is 3.13. The lowest BCUT2D eigenvalue weighted by Gasteiger charge is -2.02. The first-order valence-electron chi connectivity index (χ1n) is 7.70. The molecule has 3 aromatic rings. The monoisotopic (exact) mass is 351 g/mol. The highest BCUT2D eigenvalue weighted by molar-refractivity contribution is 7.99. The van der Waals surface area contributed by atoms with E-state index >= 15 is 0 Å². The van der Waals surface area contributed by atoms with Crippen LogP contribution in [0.15, 0.2) is 59.8 Å². The molecular formula is C19H17N3O2S. The van der Waals surface area contributed by atoms with E-state index in [4.69, 9.17) is 4.74 Å². The fourth-order valence-electron chi connectivity index (χ4n) is 2.15. The number of nitrogens with one attached hydrogen (secondary N) is 1. The molecule has 25 heavy (non-hydrogen) atoms. The summed E-state index contributed by atoms with van der Waals surface area (Å²) < 4.78 is 5.14. The Labute approximate surface area is 150 Å². The number of methoxy groups -OCH3 is 1. The molecule has 2 aromatic carbocycles. The van der Waals surface area contributed by atoms with Crippen molar-refractivity contribution >= 4 is 29.7 Å². The molecule has 1 N–H and O–H groups in total. The normalized spacial score (nSPS) is 10.9. The predicted molar refractivity (Wildman–Crippen MR) is 99.8 cm³/mol. The first kappa shape index (κ1) is 17.0. The molecule has 0 saturated carbocycles. The number of rotatable bonds is 7. The Hall–Kier alpha value is -2.86. The van der Waals surface area contributed by atoms with Crippen molar-refractivity contribution < 1.29 is 9.53 Å². The van der Waals surface area contributed by atoms with Crippen LogP contribution >= 0.6 is 11.8 Å². The molecule has 1 aromatic heterocycles. The van der Waals surface area contributed by atoms with Crippen molar-refractivity contribution in [3.8, 4) is 5.75 Å². The van der Waals surface area contributed by atoms with Crippen molar-refractivity contribution in [3.05, 3.63) is 71.5 Å². The minimum Gasteiger partial charge on any atom is -0.497 e. The van der Waals surface area contributed by atoms with Crippen LogP contribution in [-0.2, 0) is 0 Å². The highest BCUT2D eigenvalue weighted by atomic mass is 32.2. The van der Waals surface area contributed by atoms with Gasteiger partial charge in [-0.05, 0) is 23.8 Å². The molecule has 0 bridgehead atoms. The first-order chi connectivity index (χ1) is 12.2. The number of Topliss-reactive ketones (excluding diaryl/α,β-unsaturated/α-hetero) is 1. The Bertz CT molecular complexity index is 875. The fourth-order valence-corrected chi connectivity index (χ4v) is 2.85. The van der Waals surface area contributed by atoms with Crippen LogP contribution in [0.2, 0.25) is 0 Å². The zero-order valence-electron chi connectivity index (χ0n) is 13.7. The van der Waals surface area contributed by atoms with E-state index in [1.807, 2.05) is 48.6 Å². The minimum atomic E-state index is 0.00933. The van der Waals surface area contributed by atoms with Gasteiger partial charge >= 0.3 is 0 Å². The summed E-state index contributed by atoms with van der Waals surface area (Å²) in [6, 6.07) is 17.1. The van der Waals surface area contributed by atoms with Gasteiger partial charge in [0.15, 0.2) is 5.78 Å². The molecule has 3 rings (SSSR count). The molecule has 126 valence electrons. The zero-order valence-corrected chi connectivity index (χ0v) is 14.5. The Morgan fingerprint density at radius 3 is 2.80 bits per heavy atom. The smallest absolute Gasteiger partial charge is 0.209 e. The quantitative estimate of drug-likeness (QED) is 0.515. The molecule has 5 nitrogen and oxygen atoms in total. The second-order valence-corrected chi connectivity index (χ2v) is 6.13. The van der Waals surface area contributed by atoms with Crippen molar-refractivity contribution in [2.24, 2.45) is 0 Å². The van der Waals surface area contributed by atoms with Gasteiger partial charge in [0.2, 0.25) is 5.16 Å². The Morgan fingerprint density at radius 2 is 2.00 bits per heavy atom. The van der Waals surface area contributed by atoms with Gasteiger partial charge in [0, 0.05) is 5.56 Å². The van der Waals surface area contributed by atoms with Gasteiger partial charge in [-0.1, -0.05) is 60.3 Å². The van der Waals surface area contributed by atoms with Crippen LogP contribution in [0.25, 0.3) is 12.2 Å². The number of carbonyl (C=O) groups is 1. The molecule has 0 fully saturated rings. The number of hydrogen-bond acceptors (Lipinski definition) is 5. The molecule has 0 aliphatic carbocycles. The summed E-state index contributed by atoms with van der Waals surface area (Å²) >= 11 is 1.30. The number of ketones is 1. The third-order valence-electron chi connectivity index (χ3n) is 3.44. The molecule has 0 radical (unpaired) electrons. The number of nitrogens with zero attached hydrogens (tertiary/aromatic N) is 2. The second-order valence-electron chi connectivity index (χ2n) is 5.19. The Morgan fingerprint density at radius 1 is 1.16 bits per heavy atom. The Balaban J connectivity index is 1.58. The van der Waals surface area contributed by atoms with Gasteiger partial charge in [0.25, 0.3) is 0 Å². The molecule has 0 amide bonds. The van der Waals surface area contributed by atoms with Gasteiger partial charge < -0.3 is 4.74 Å². The Kier molecular flexibility index (Phi) is 5.64. The number of aromatic nitrogens is 3. The SMILES string of the molecule is COc1cccc(C(=O)CSc2n[nH]c(C=Cc3ccccc3)n2)c1. The standard InChI is InChI=1S/C19H17N3O2S/c1-24-16-9-5-8-15(12-16)17(23)13-25-19-20-18(21-22-19)11-10-14-6-3-2-4-7-14/h2-12H,13H2,1H3,(H,20,21,22). The third-order valence-corrected chi connectivity index (χ3v) is 4.29. The summed E-state index contributed by atoms with van der Waals surface area (Å²) in [6.45, 7) is 0. The van der Waals surface area contributed by atoms with E-state index in [1.54, 1.807) is 25.3 Å². The van der Waals surface area contributed by atoms with Crippen molar-refractivity contribution in [1.82, 2.24) is 15.2 Å². The van der Waals surface area contributed by atoms with Crippen molar-refractivity contribution in [2.75, 3.05) is 12.9 Å². The van der Waals surface area contributed by atoms with Crippen LogP contribution in [0.4, 0.5) is 0 Å². The maximum atomic E-state index is 12.2. The highest BCUT2D eigenvalue weighted by Crippen LogP contribution is 2.18. The number of hydrogen-bond donors (Lipinski definition) is 1. The minimum absolute atomic E-state index is 0.00933. The largest absolute Gasteiger partial charge is 0.497 e. The molecule has 1 heterocycles. The van der Waals surface area contributed by atoms with Crippen LogP contribution in [-0.4, -0.2) is 33.8 Å². The summed E-state index contributed by atoms with van der Waals surface area (Å²) in [5.41, 5.74) is 1.70. The number of ether oxygens (including phenoxy) is 1. The number of aromatic amines is 1. The van der Waals surface area contributed by atoms with Gasteiger partial charge in [-0.2, -0.15) is 0 Å². The zero-order chi connectivity index (χ0) is 17.5. The summed E-state index contributed by atoms with van der Waals surface area (Å²) in [4.78, 5) is 16.6. The van der Waals surface area contributed by atoms with Crippen LogP contribution < -0.4 is 4.74 Å². The summed E-state index contributed by atoms with van der Waals surface area (Å²) in [5, 5.41) is 7.53. The van der Waals surface area contributed by atoms with E-state index in [0.29, 0.717) is 22.3 Å². The van der Waals surface area contributed by atoms with Crippen LogP contribution in [0.3, 0.4) is 0 Å². The number of benzene rings is 2. The van der Waals surface area contributed by atoms with Crippen LogP contribution in [0, 0.1) is 0 Å². The molecule has 0 saturated heterocycles. The van der Waals surface area contributed by atoms with Gasteiger partial charge in [-0.25, -0.2) is 4.98 Å². The van der Waals surface area contributed by atoms with E-state index in [0.717, 1.165) is 5.56 Å². The average molecular weight is 351 g/mol. The summed E-state index contributed by atoms with van der Waals surface area (Å²) in [7, 11) is 1.58. The topological polar surface area (TPSA) is 67.9 Å². The predicted octanol–water partition coefficient (Wildman–Crippen LogP) is 3.96. The highest BCUT2D eigenvalue weighted by Gasteiger charge is 2.10. The summed E-state index contributed by atoms with van der Waals surface area (Å²) in [6.07, 6.45) is 3.81. The second kappa shape index (κ2) is 8.30. The number of thioether (sulfide) groups is 1. The number of H-pyrrole nitrogens is 1. The summed E-state index contributed by atoms with van der Waals surface area (Å²) in [5.74, 6) is 1.60. The van der Waals surface area contributed by atoms with Crippen molar-refractivity contribution in [3.63, 3.8) is 0 Å². The van der Waals surface area contributed by atoms with E-state index in [2.05, 4.69) is 15.2 Å². The van der Waals surface area contributed by atoms with Gasteiger partial charge in [0.1, 0.15) is 11.6 Å². The third kappa shape index (κ3) is 4.81. The fraction of sp³-hybridized carbons (Fsp3) is 0.105. The van der Waals surface area contributed by atoms with Gasteiger partial charge in [0.05, 0.1) is 12.9 Å². The van der Waals surface area contributed by atoms with E-state index in [1.165, 1.54) is 11.8 Å². The van der Waals surface area contributed by atoms with E-state index < -0.39 is 0 Å². The lowest BCUT2D eigenvalue weighted by Crippen LogP contribution is -2.02. The van der Waals surface area contributed by atoms with E-state index in [-0.39, 0.29) is 11.5 Å². The lowest BCUT2D eigenvalue weighted by atomic mass is 10.1. The molecule has 0 aliphatic rings. The van der Waals surface area contributed by atoms with Crippen LogP contribution in [0.1, 0.15) is 21.7 Å². The lowest BCUT2D eigenvalue weighted by molar-refractivity contribution is 0.102. The maximum absolute atomic E-state index is 12.2. The maximum Gasteiger partial charge on any atom is 0.209 e. The molecule has 0 unspecified atom stereocenters. The molecule has 0 aliphatic heterocycles. The van der Waals surface area contributed by atoms with Crippen molar-refractivity contribution in [1.29, 1.82) is 0 Å². The molecular weight excluding hydrogens is 334 g/mol. The van der Waals surface area contributed by atoms with Crippen molar-refractivity contribution in [2.45, 2.75) is 5.16 Å². The molecule has 0 spiro atoms. The first-order valence-corrected chi connectivity index (χ1v) is 8.69. The molecule has 6 heteroatoms. The van der Waals surface area contributed by atoms with E-state index in [9.17, 15) is 4.79 Å². The van der Waals surface area contributed by atoms with Gasteiger partial charge in [-0.15, -0.1) is 5.10 Å². The number of carbonyl (C=O) groups excluding carboxylic acids is 1. The van der Waals surface area contributed by atoms with Gasteiger partial charge in [-0.3, -0.25) is 9.89 Å². The van der Waals surface area contributed by atoms with Crippen LogP contribution in [0.5, 0.6) is 5.75 Å².